The van der Waals surface area contributed by atoms with E-state index in [1.165, 1.54) is 12.3 Å². The van der Waals surface area contributed by atoms with Gasteiger partial charge in [-0.1, -0.05) is 0 Å². The number of pyridine rings is 1. The van der Waals surface area contributed by atoms with Crippen molar-refractivity contribution in [1.82, 2.24) is 19.7 Å². The van der Waals surface area contributed by atoms with Crippen LogP contribution in [0.5, 0.6) is 0 Å². The van der Waals surface area contributed by atoms with Gasteiger partial charge in [0.25, 0.3) is 5.91 Å². The lowest BCUT2D eigenvalue weighted by Crippen LogP contribution is -2.52. The molecule has 114 valence electrons. The summed E-state index contributed by atoms with van der Waals surface area (Å²) >= 11 is 0. The molecule has 2 heterocycles. The first kappa shape index (κ1) is 15.4. The molecule has 1 aromatic heterocycles. The largest absolute Gasteiger partial charge is 0.338 e. The van der Waals surface area contributed by atoms with Gasteiger partial charge in [-0.05, 0) is 20.2 Å². The fourth-order valence-electron chi connectivity index (χ4n) is 2.25. The Kier molecular flexibility index (Phi) is 4.85. The molecule has 7 heteroatoms. The van der Waals surface area contributed by atoms with Crippen molar-refractivity contribution in [2.45, 2.75) is 0 Å². The highest BCUT2D eigenvalue weighted by Crippen LogP contribution is 2.11. The molecule has 0 N–H and O–H groups in total. The van der Waals surface area contributed by atoms with Crippen molar-refractivity contribution >= 4 is 11.8 Å². The van der Waals surface area contributed by atoms with Crippen molar-refractivity contribution in [3.05, 3.63) is 29.8 Å². The van der Waals surface area contributed by atoms with Crippen molar-refractivity contribution in [1.29, 1.82) is 0 Å². The van der Waals surface area contributed by atoms with E-state index in [-0.39, 0.29) is 17.4 Å². The molecule has 1 aliphatic rings. The molecular weight excluding hydrogens is 275 g/mol. The minimum absolute atomic E-state index is 0.0260. The molecule has 1 saturated heterocycles. The van der Waals surface area contributed by atoms with Crippen LogP contribution in [-0.4, -0.2) is 78.3 Å². The normalized spacial score (nSPS) is 15.4. The Morgan fingerprint density at radius 1 is 1.24 bits per heavy atom. The zero-order valence-electron chi connectivity index (χ0n) is 12.3. The molecule has 6 nitrogen and oxygen atoms in total. The van der Waals surface area contributed by atoms with Gasteiger partial charge in [-0.15, -0.1) is 0 Å². The van der Waals surface area contributed by atoms with Crippen LogP contribution in [0.15, 0.2) is 18.5 Å². The Bertz CT molecular complexity index is 527. The standard InChI is InChI=1S/C14H19FN4O2/c1-17(2)10-13(20)18-5-7-19(8-6-18)14(21)11-3-4-16-9-12(11)15/h3-4,9H,5-8,10H2,1-2H3. The Morgan fingerprint density at radius 2 is 1.86 bits per heavy atom. The maximum absolute atomic E-state index is 13.6. The molecule has 2 rings (SSSR count). The van der Waals surface area contributed by atoms with Crippen molar-refractivity contribution in [3.63, 3.8) is 0 Å². The molecule has 21 heavy (non-hydrogen) atoms. The zero-order chi connectivity index (χ0) is 15.4. The average molecular weight is 294 g/mol. The van der Waals surface area contributed by atoms with Crippen LogP contribution in [0.1, 0.15) is 10.4 Å². The first-order chi connectivity index (χ1) is 9.99. The van der Waals surface area contributed by atoms with Gasteiger partial charge in [0.2, 0.25) is 5.91 Å². The number of amides is 2. The summed E-state index contributed by atoms with van der Waals surface area (Å²) in [5, 5.41) is 0. The highest BCUT2D eigenvalue weighted by atomic mass is 19.1. The second-order valence-electron chi connectivity index (χ2n) is 5.27. The van der Waals surface area contributed by atoms with Gasteiger partial charge < -0.3 is 14.7 Å². The maximum Gasteiger partial charge on any atom is 0.257 e. The van der Waals surface area contributed by atoms with Crippen LogP contribution in [0.2, 0.25) is 0 Å². The first-order valence-electron chi connectivity index (χ1n) is 6.80. The molecule has 0 spiro atoms. The van der Waals surface area contributed by atoms with Gasteiger partial charge in [0.05, 0.1) is 18.3 Å². The van der Waals surface area contributed by atoms with Crippen molar-refractivity contribution in [2.75, 3.05) is 46.8 Å². The van der Waals surface area contributed by atoms with Gasteiger partial charge in [0.1, 0.15) is 0 Å². The topological polar surface area (TPSA) is 56.8 Å². The Balaban J connectivity index is 1.94. The summed E-state index contributed by atoms with van der Waals surface area (Å²) in [6.07, 6.45) is 2.43. The third kappa shape index (κ3) is 3.75. The summed E-state index contributed by atoms with van der Waals surface area (Å²) in [5.41, 5.74) is 0.0260. The number of aromatic nitrogens is 1. The molecule has 0 aliphatic carbocycles. The summed E-state index contributed by atoms with van der Waals surface area (Å²) in [5.74, 6) is -0.926. The summed E-state index contributed by atoms with van der Waals surface area (Å²) in [4.78, 5) is 32.9. The fraction of sp³-hybridized carbons (Fsp3) is 0.500. The van der Waals surface area contributed by atoms with Crippen LogP contribution in [0.4, 0.5) is 4.39 Å². The predicted molar refractivity (Wildman–Crippen MR) is 75.2 cm³/mol. The van der Waals surface area contributed by atoms with E-state index in [1.807, 2.05) is 19.0 Å². The number of rotatable bonds is 3. The highest BCUT2D eigenvalue weighted by Gasteiger charge is 2.26. The molecule has 0 atom stereocenters. The van der Waals surface area contributed by atoms with E-state index in [1.54, 1.807) is 9.80 Å². The maximum atomic E-state index is 13.6. The molecule has 0 aromatic carbocycles. The van der Waals surface area contributed by atoms with E-state index in [2.05, 4.69) is 4.98 Å². The minimum atomic E-state index is -0.617. The van der Waals surface area contributed by atoms with E-state index < -0.39 is 5.82 Å². The number of piperazine rings is 1. The van der Waals surface area contributed by atoms with Gasteiger partial charge in [0, 0.05) is 32.4 Å². The van der Waals surface area contributed by atoms with Crippen LogP contribution in [0.3, 0.4) is 0 Å². The number of likely N-dealkylation sites (N-methyl/N-ethyl adjacent to an activating group) is 1. The van der Waals surface area contributed by atoms with Gasteiger partial charge in [0.15, 0.2) is 5.82 Å². The molecule has 0 radical (unpaired) electrons. The van der Waals surface area contributed by atoms with Crippen molar-refractivity contribution in [3.8, 4) is 0 Å². The average Bonchev–Trinajstić information content (AvgIpc) is 2.46. The van der Waals surface area contributed by atoms with Crippen LogP contribution in [0.25, 0.3) is 0 Å². The Labute approximate surface area is 123 Å². The molecular formula is C14H19FN4O2. The van der Waals surface area contributed by atoms with E-state index >= 15 is 0 Å². The van der Waals surface area contributed by atoms with Gasteiger partial charge in [-0.2, -0.15) is 0 Å². The number of hydrogen-bond acceptors (Lipinski definition) is 4. The van der Waals surface area contributed by atoms with Gasteiger partial charge in [-0.3, -0.25) is 14.6 Å². The van der Waals surface area contributed by atoms with Gasteiger partial charge in [-0.25, -0.2) is 4.39 Å². The molecule has 1 aliphatic heterocycles. The summed E-state index contributed by atoms with van der Waals surface area (Å²) in [7, 11) is 3.67. The van der Waals surface area contributed by atoms with E-state index in [0.29, 0.717) is 32.7 Å². The summed E-state index contributed by atoms with van der Waals surface area (Å²) < 4.78 is 13.6. The summed E-state index contributed by atoms with van der Waals surface area (Å²) in [6.45, 7) is 2.14. The first-order valence-corrected chi connectivity index (χ1v) is 6.80. The lowest BCUT2D eigenvalue weighted by atomic mass is 10.2. The quantitative estimate of drug-likeness (QED) is 0.791. The smallest absolute Gasteiger partial charge is 0.257 e. The van der Waals surface area contributed by atoms with Crippen LogP contribution < -0.4 is 0 Å². The van der Waals surface area contributed by atoms with E-state index in [0.717, 1.165) is 6.20 Å². The monoisotopic (exact) mass is 294 g/mol. The molecule has 1 aromatic rings. The van der Waals surface area contributed by atoms with Gasteiger partial charge >= 0.3 is 0 Å². The summed E-state index contributed by atoms with van der Waals surface area (Å²) in [6, 6.07) is 1.38. The number of hydrogen-bond donors (Lipinski definition) is 0. The second-order valence-corrected chi connectivity index (χ2v) is 5.27. The van der Waals surface area contributed by atoms with Crippen molar-refractivity contribution < 1.29 is 14.0 Å². The molecule has 1 fully saturated rings. The molecule has 0 saturated carbocycles. The zero-order valence-corrected chi connectivity index (χ0v) is 12.3. The number of nitrogens with zero attached hydrogens (tertiary/aromatic N) is 4. The minimum Gasteiger partial charge on any atom is -0.338 e. The SMILES string of the molecule is CN(C)CC(=O)N1CCN(C(=O)c2ccncc2F)CC1. The molecule has 2 amide bonds. The molecule has 0 unspecified atom stereocenters. The van der Waals surface area contributed by atoms with E-state index in [4.69, 9.17) is 0 Å². The Morgan fingerprint density at radius 3 is 2.43 bits per heavy atom. The Hall–Kier alpha value is -2.02. The van der Waals surface area contributed by atoms with E-state index in [9.17, 15) is 14.0 Å². The van der Waals surface area contributed by atoms with Crippen LogP contribution in [0, 0.1) is 5.82 Å². The molecule has 0 bridgehead atoms. The lowest BCUT2D eigenvalue weighted by molar-refractivity contribution is -0.133. The number of carbonyl (C=O) groups excluding carboxylic acids is 2. The number of carbonyl (C=O) groups is 2. The number of halogens is 1. The second kappa shape index (κ2) is 6.62. The van der Waals surface area contributed by atoms with Crippen LogP contribution in [-0.2, 0) is 4.79 Å². The third-order valence-corrected chi connectivity index (χ3v) is 3.37. The fourth-order valence-corrected chi connectivity index (χ4v) is 2.25. The highest BCUT2D eigenvalue weighted by molar-refractivity contribution is 5.94. The third-order valence-electron chi connectivity index (χ3n) is 3.37. The predicted octanol–water partition coefficient (Wildman–Crippen LogP) is 0.0667. The van der Waals surface area contributed by atoms with Crippen LogP contribution >= 0.6 is 0 Å². The lowest BCUT2D eigenvalue weighted by Gasteiger charge is -2.35. The van der Waals surface area contributed by atoms with Crippen molar-refractivity contribution in [2.24, 2.45) is 0 Å².